The van der Waals surface area contributed by atoms with Gasteiger partial charge in [-0.05, 0) is 6.92 Å². The summed E-state index contributed by atoms with van der Waals surface area (Å²) in [6, 6.07) is 0. The third-order valence-corrected chi connectivity index (χ3v) is 2.07. The molecule has 0 unspecified atom stereocenters. The van der Waals surface area contributed by atoms with Crippen LogP contribution in [0.4, 0.5) is 0 Å². The van der Waals surface area contributed by atoms with Crippen LogP contribution in [0, 0.1) is 0 Å². The zero-order chi connectivity index (χ0) is 10.5. The molecular formula is C7H13O5P. The van der Waals surface area contributed by atoms with Gasteiger partial charge in [-0.3, -0.25) is 9.36 Å². The van der Waals surface area contributed by atoms with Crippen LogP contribution in [0.1, 0.15) is 6.92 Å². The second-order valence-electron chi connectivity index (χ2n) is 2.60. The van der Waals surface area contributed by atoms with Gasteiger partial charge >= 0.3 is 7.60 Å². The van der Waals surface area contributed by atoms with Gasteiger partial charge in [-0.2, -0.15) is 0 Å². The molecule has 2 N–H and O–H groups in total. The van der Waals surface area contributed by atoms with Crippen LogP contribution < -0.4 is 0 Å². The molecule has 5 nitrogen and oxygen atoms in total. The molecule has 0 fully saturated rings. The summed E-state index contributed by atoms with van der Waals surface area (Å²) in [6.07, 6.45) is -0.335. The summed E-state index contributed by atoms with van der Waals surface area (Å²) in [4.78, 5) is 27.5. The fourth-order valence-corrected chi connectivity index (χ4v) is 0.847. The summed E-state index contributed by atoms with van der Waals surface area (Å²) in [5, 5.41) is 0. The van der Waals surface area contributed by atoms with Crippen molar-refractivity contribution in [2.75, 3.05) is 19.4 Å². The van der Waals surface area contributed by atoms with Crippen LogP contribution in [0.3, 0.4) is 0 Å². The maximum atomic E-state index is 10.6. The van der Waals surface area contributed by atoms with Crippen LogP contribution in [0.25, 0.3) is 0 Å². The molecule has 0 aromatic rings. The highest BCUT2D eigenvalue weighted by molar-refractivity contribution is 7.51. The molecular weight excluding hydrogens is 195 g/mol. The number of carbonyl (C=O) groups excluding carboxylic acids is 1. The van der Waals surface area contributed by atoms with Gasteiger partial charge < -0.3 is 14.5 Å². The van der Waals surface area contributed by atoms with Gasteiger partial charge in [0.15, 0.2) is 5.78 Å². The Morgan fingerprint density at radius 3 is 2.46 bits per heavy atom. The van der Waals surface area contributed by atoms with E-state index in [0.29, 0.717) is 5.57 Å². The largest absolute Gasteiger partial charge is 0.376 e. The lowest BCUT2D eigenvalue weighted by Gasteiger charge is -2.05. The normalized spacial score (nSPS) is 11.3. The summed E-state index contributed by atoms with van der Waals surface area (Å²) in [5.74, 6) is -0.184. The van der Waals surface area contributed by atoms with Crippen LogP contribution in [0.2, 0.25) is 0 Å². The minimum absolute atomic E-state index is 0.0231. The van der Waals surface area contributed by atoms with Gasteiger partial charge in [-0.25, -0.2) is 0 Å². The lowest BCUT2D eigenvalue weighted by molar-refractivity contribution is -0.114. The van der Waals surface area contributed by atoms with Crippen LogP contribution in [-0.2, 0) is 14.1 Å². The van der Waals surface area contributed by atoms with E-state index in [9.17, 15) is 9.36 Å². The monoisotopic (exact) mass is 208 g/mol. The van der Waals surface area contributed by atoms with Gasteiger partial charge in [0.05, 0.1) is 19.4 Å². The quantitative estimate of drug-likeness (QED) is 0.373. The maximum Gasteiger partial charge on any atom is 0.327 e. The molecule has 0 aromatic heterocycles. The van der Waals surface area contributed by atoms with Crippen molar-refractivity contribution in [2.24, 2.45) is 0 Å². The first-order valence-electron chi connectivity index (χ1n) is 3.64. The van der Waals surface area contributed by atoms with Crippen LogP contribution >= 0.6 is 7.60 Å². The smallest absolute Gasteiger partial charge is 0.327 e. The standard InChI is InChI=1S/C7H13O5P/c1-6(7(2)8)5-12-3-4-13(9,10)11/h1,3-5H2,2H3,(H2,9,10,11). The SMILES string of the molecule is C=C(COCCP(=O)(O)O)C(C)=O. The molecule has 0 atom stereocenters. The first kappa shape index (κ1) is 12.5. The topological polar surface area (TPSA) is 83.8 Å². The summed E-state index contributed by atoms with van der Waals surface area (Å²) >= 11 is 0. The van der Waals surface area contributed by atoms with Gasteiger partial charge in [-0.15, -0.1) is 0 Å². The van der Waals surface area contributed by atoms with E-state index in [1.54, 1.807) is 0 Å². The zero-order valence-electron chi connectivity index (χ0n) is 7.39. The van der Waals surface area contributed by atoms with Gasteiger partial charge in [0.25, 0.3) is 0 Å². The second kappa shape index (κ2) is 5.29. The summed E-state index contributed by atoms with van der Waals surface area (Å²) in [7, 11) is -3.99. The summed E-state index contributed by atoms with van der Waals surface area (Å²) in [5.41, 5.74) is 0.297. The van der Waals surface area contributed by atoms with Crippen LogP contribution in [-0.4, -0.2) is 34.9 Å². The number of rotatable bonds is 6. The van der Waals surface area contributed by atoms with Crippen molar-refractivity contribution < 1.29 is 23.9 Å². The van der Waals surface area contributed by atoms with Gasteiger partial charge in [0, 0.05) is 5.57 Å². The molecule has 0 bridgehead atoms. The molecule has 0 radical (unpaired) electrons. The molecule has 0 saturated heterocycles. The minimum atomic E-state index is -3.99. The van der Waals surface area contributed by atoms with E-state index in [1.807, 2.05) is 0 Å². The molecule has 0 heterocycles. The molecule has 0 aliphatic carbocycles. The molecule has 0 spiro atoms. The maximum absolute atomic E-state index is 10.6. The number of ether oxygens (including phenoxy) is 1. The number of Topliss-reactive ketones (excluding diaryl/α,β-unsaturated/α-hetero) is 1. The van der Waals surface area contributed by atoms with Crippen molar-refractivity contribution in [1.82, 2.24) is 0 Å². The number of hydrogen-bond acceptors (Lipinski definition) is 3. The Kier molecular flexibility index (Phi) is 5.10. The molecule has 0 saturated carbocycles. The van der Waals surface area contributed by atoms with Gasteiger partial charge in [0.1, 0.15) is 0 Å². The van der Waals surface area contributed by atoms with Gasteiger partial charge in [0.2, 0.25) is 0 Å². The van der Waals surface area contributed by atoms with Gasteiger partial charge in [-0.1, -0.05) is 6.58 Å². The second-order valence-corrected chi connectivity index (χ2v) is 4.38. The third kappa shape index (κ3) is 7.87. The Morgan fingerprint density at radius 2 is 2.08 bits per heavy atom. The Morgan fingerprint density at radius 1 is 1.54 bits per heavy atom. The molecule has 76 valence electrons. The van der Waals surface area contributed by atoms with E-state index < -0.39 is 7.60 Å². The summed E-state index contributed by atoms with van der Waals surface area (Å²) in [6.45, 7) is 4.73. The molecule has 0 rings (SSSR count). The van der Waals surface area contributed by atoms with Crippen molar-refractivity contribution in [1.29, 1.82) is 0 Å². The highest BCUT2D eigenvalue weighted by Crippen LogP contribution is 2.33. The van der Waals surface area contributed by atoms with Crippen LogP contribution in [0.5, 0.6) is 0 Å². The molecule has 13 heavy (non-hydrogen) atoms. The average molecular weight is 208 g/mol. The fraction of sp³-hybridized carbons (Fsp3) is 0.571. The predicted molar refractivity (Wildman–Crippen MR) is 47.6 cm³/mol. The van der Waals surface area contributed by atoms with Crippen molar-refractivity contribution >= 4 is 13.4 Å². The predicted octanol–water partition coefficient (Wildman–Crippen LogP) is 0.326. The highest BCUT2D eigenvalue weighted by atomic mass is 31.2. The van der Waals surface area contributed by atoms with Crippen molar-refractivity contribution in [3.05, 3.63) is 12.2 Å². The zero-order valence-corrected chi connectivity index (χ0v) is 8.29. The fourth-order valence-electron chi connectivity index (χ4n) is 0.480. The Labute approximate surface area is 76.6 Å². The molecule has 0 aliphatic rings. The third-order valence-electron chi connectivity index (χ3n) is 1.30. The minimum Gasteiger partial charge on any atom is -0.376 e. The molecule has 6 heteroatoms. The lowest BCUT2D eigenvalue weighted by Crippen LogP contribution is -2.07. The van der Waals surface area contributed by atoms with Crippen LogP contribution in [0.15, 0.2) is 12.2 Å². The van der Waals surface area contributed by atoms with Crippen molar-refractivity contribution in [2.45, 2.75) is 6.92 Å². The van der Waals surface area contributed by atoms with E-state index >= 15 is 0 Å². The summed E-state index contributed by atoms with van der Waals surface area (Å²) < 4.78 is 15.2. The Hall–Kier alpha value is -0.480. The van der Waals surface area contributed by atoms with E-state index in [-0.39, 0.29) is 25.2 Å². The first-order valence-corrected chi connectivity index (χ1v) is 5.43. The molecule has 0 aromatic carbocycles. The first-order chi connectivity index (χ1) is 5.83. The number of carbonyl (C=O) groups is 1. The van der Waals surface area contributed by atoms with Crippen molar-refractivity contribution in [3.63, 3.8) is 0 Å². The van der Waals surface area contributed by atoms with E-state index in [0.717, 1.165) is 0 Å². The van der Waals surface area contributed by atoms with E-state index in [2.05, 4.69) is 6.58 Å². The average Bonchev–Trinajstić information content (AvgIpc) is 1.95. The number of ketones is 1. The van der Waals surface area contributed by atoms with E-state index in [1.165, 1.54) is 6.92 Å². The molecule has 0 aliphatic heterocycles. The number of hydrogen-bond donors (Lipinski definition) is 2. The molecule has 0 amide bonds. The Balaban J connectivity index is 3.53. The highest BCUT2D eigenvalue weighted by Gasteiger charge is 2.12. The van der Waals surface area contributed by atoms with E-state index in [4.69, 9.17) is 14.5 Å². The van der Waals surface area contributed by atoms with Crippen molar-refractivity contribution in [3.8, 4) is 0 Å². The lowest BCUT2D eigenvalue weighted by atomic mass is 10.2. The Bertz CT molecular complexity index is 241.